The van der Waals surface area contributed by atoms with Gasteiger partial charge in [0.05, 0.1) is 18.8 Å². The van der Waals surface area contributed by atoms with Crippen LogP contribution in [0, 0.1) is 0 Å². The molecule has 2 heterocycles. The van der Waals surface area contributed by atoms with E-state index in [1.807, 2.05) is 24.3 Å². The zero-order valence-corrected chi connectivity index (χ0v) is 14.8. The number of hydrogen-bond acceptors (Lipinski definition) is 5. The van der Waals surface area contributed by atoms with Crippen molar-refractivity contribution in [1.29, 1.82) is 0 Å². The lowest BCUT2D eigenvalue weighted by Crippen LogP contribution is -2.31. The van der Waals surface area contributed by atoms with Crippen LogP contribution in [0.4, 0.5) is 0 Å². The molecule has 24 heavy (non-hydrogen) atoms. The zero-order valence-electron chi connectivity index (χ0n) is 13.9. The minimum absolute atomic E-state index is 0.295. The van der Waals surface area contributed by atoms with Crippen molar-refractivity contribution in [3.63, 3.8) is 0 Å². The van der Waals surface area contributed by atoms with Gasteiger partial charge in [-0.15, -0.1) is 11.3 Å². The van der Waals surface area contributed by atoms with Crippen LogP contribution in [-0.2, 0) is 22.6 Å². The minimum atomic E-state index is -0.295. The second kappa shape index (κ2) is 8.42. The molecule has 1 atom stereocenters. The fourth-order valence-corrected chi connectivity index (χ4v) is 3.75. The van der Waals surface area contributed by atoms with Crippen LogP contribution in [0.3, 0.4) is 0 Å². The van der Waals surface area contributed by atoms with E-state index in [2.05, 4.69) is 22.4 Å². The van der Waals surface area contributed by atoms with E-state index in [1.165, 1.54) is 17.6 Å². The molecule has 1 aliphatic rings. The maximum absolute atomic E-state index is 11.5. The van der Waals surface area contributed by atoms with E-state index >= 15 is 0 Å². The Morgan fingerprint density at radius 3 is 2.75 bits per heavy atom. The molecule has 3 rings (SSSR count). The number of carbonyl (C=O) groups excluding carboxylic acids is 1. The first-order chi connectivity index (χ1) is 11.7. The van der Waals surface area contributed by atoms with Gasteiger partial charge in [0, 0.05) is 31.1 Å². The fourth-order valence-electron chi connectivity index (χ4n) is 3.01. The molecule has 1 unspecified atom stereocenters. The molecular weight excluding hydrogens is 322 g/mol. The van der Waals surface area contributed by atoms with Gasteiger partial charge in [-0.25, -0.2) is 4.79 Å². The quantitative estimate of drug-likeness (QED) is 0.717. The molecule has 1 aromatic carbocycles. The third-order valence-electron chi connectivity index (χ3n) is 4.23. The van der Waals surface area contributed by atoms with Crippen LogP contribution in [0.5, 0.6) is 0 Å². The Balaban J connectivity index is 1.66. The Bertz CT molecular complexity index is 633. The highest BCUT2D eigenvalue weighted by Crippen LogP contribution is 2.19. The molecule has 1 saturated heterocycles. The molecule has 1 aromatic heterocycles. The monoisotopic (exact) mass is 345 g/mol. The van der Waals surface area contributed by atoms with Gasteiger partial charge in [-0.3, -0.25) is 4.90 Å². The van der Waals surface area contributed by atoms with Crippen molar-refractivity contribution in [3.05, 3.63) is 57.8 Å². The summed E-state index contributed by atoms with van der Waals surface area (Å²) < 4.78 is 10.6. The van der Waals surface area contributed by atoms with E-state index in [4.69, 9.17) is 9.47 Å². The molecule has 0 radical (unpaired) electrons. The van der Waals surface area contributed by atoms with Crippen LogP contribution in [-0.4, -0.2) is 37.2 Å². The fraction of sp³-hybridized carbons (Fsp3) is 0.421. The third kappa shape index (κ3) is 4.66. The average Bonchev–Trinajstić information content (AvgIpc) is 3.29. The second-order valence-corrected chi connectivity index (χ2v) is 7.10. The van der Waals surface area contributed by atoms with Crippen molar-refractivity contribution < 1.29 is 14.3 Å². The Morgan fingerprint density at radius 1 is 1.29 bits per heavy atom. The van der Waals surface area contributed by atoms with Gasteiger partial charge in [0.25, 0.3) is 0 Å². The number of ether oxygens (including phenoxy) is 2. The Kier molecular flexibility index (Phi) is 6.01. The summed E-state index contributed by atoms with van der Waals surface area (Å²) in [4.78, 5) is 15.3. The first-order valence-electron chi connectivity index (χ1n) is 8.28. The summed E-state index contributed by atoms with van der Waals surface area (Å²) in [5, 5.41) is 2.12. The van der Waals surface area contributed by atoms with E-state index < -0.39 is 0 Å². The molecule has 128 valence electrons. The van der Waals surface area contributed by atoms with Crippen LogP contribution in [0.2, 0.25) is 0 Å². The van der Waals surface area contributed by atoms with E-state index in [0.29, 0.717) is 11.7 Å². The molecule has 5 heteroatoms. The lowest BCUT2D eigenvalue weighted by Gasteiger charge is -2.25. The summed E-state index contributed by atoms with van der Waals surface area (Å²) in [6.45, 7) is 3.59. The molecule has 2 aromatic rings. The summed E-state index contributed by atoms with van der Waals surface area (Å²) in [5.41, 5.74) is 1.78. The SMILES string of the molecule is COC(=O)c1ccc(CN(Cc2cccs2)CC2CCCO2)cc1. The van der Waals surface area contributed by atoms with Gasteiger partial charge >= 0.3 is 5.97 Å². The molecule has 0 amide bonds. The Labute approximate surface area is 147 Å². The topological polar surface area (TPSA) is 38.8 Å². The van der Waals surface area contributed by atoms with Crippen molar-refractivity contribution in [1.82, 2.24) is 4.90 Å². The maximum Gasteiger partial charge on any atom is 0.337 e. The maximum atomic E-state index is 11.5. The number of benzene rings is 1. The molecule has 1 aliphatic heterocycles. The average molecular weight is 345 g/mol. The summed E-state index contributed by atoms with van der Waals surface area (Å²) in [5.74, 6) is -0.295. The molecule has 0 spiro atoms. The highest BCUT2D eigenvalue weighted by Gasteiger charge is 2.20. The van der Waals surface area contributed by atoms with Crippen molar-refractivity contribution in [2.75, 3.05) is 20.3 Å². The predicted molar refractivity (Wildman–Crippen MR) is 95.2 cm³/mol. The summed E-state index contributed by atoms with van der Waals surface area (Å²) in [6, 6.07) is 11.9. The number of carbonyl (C=O) groups is 1. The smallest absolute Gasteiger partial charge is 0.337 e. The number of rotatable bonds is 7. The molecular formula is C19H23NO3S. The van der Waals surface area contributed by atoms with Crippen LogP contribution in [0.25, 0.3) is 0 Å². The van der Waals surface area contributed by atoms with Gasteiger partial charge < -0.3 is 9.47 Å². The van der Waals surface area contributed by atoms with E-state index in [0.717, 1.165) is 39.1 Å². The highest BCUT2D eigenvalue weighted by molar-refractivity contribution is 7.09. The number of methoxy groups -OCH3 is 1. The molecule has 4 nitrogen and oxygen atoms in total. The lowest BCUT2D eigenvalue weighted by atomic mass is 10.1. The van der Waals surface area contributed by atoms with Crippen LogP contribution in [0.15, 0.2) is 41.8 Å². The highest BCUT2D eigenvalue weighted by atomic mass is 32.1. The standard InChI is InChI=1S/C19H23NO3S/c1-22-19(21)16-8-6-15(7-9-16)12-20(13-17-4-2-10-23-17)14-18-5-3-11-24-18/h3,5-9,11,17H,2,4,10,12-14H2,1H3. The minimum Gasteiger partial charge on any atom is -0.465 e. The van der Waals surface area contributed by atoms with E-state index in [9.17, 15) is 4.79 Å². The van der Waals surface area contributed by atoms with Crippen LogP contribution in [0.1, 0.15) is 33.6 Å². The van der Waals surface area contributed by atoms with E-state index in [1.54, 1.807) is 11.3 Å². The molecule has 0 aliphatic carbocycles. The van der Waals surface area contributed by atoms with Crippen molar-refractivity contribution in [2.45, 2.75) is 32.0 Å². The van der Waals surface area contributed by atoms with Crippen molar-refractivity contribution in [2.24, 2.45) is 0 Å². The summed E-state index contributed by atoms with van der Waals surface area (Å²) in [7, 11) is 1.40. The molecule has 1 fully saturated rings. The number of nitrogens with zero attached hydrogens (tertiary/aromatic N) is 1. The summed E-state index contributed by atoms with van der Waals surface area (Å²) >= 11 is 1.79. The van der Waals surface area contributed by atoms with Gasteiger partial charge in [-0.2, -0.15) is 0 Å². The van der Waals surface area contributed by atoms with Gasteiger partial charge in [-0.1, -0.05) is 18.2 Å². The third-order valence-corrected chi connectivity index (χ3v) is 5.09. The number of esters is 1. The zero-order chi connectivity index (χ0) is 16.8. The number of hydrogen-bond donors (Lipinski definition) is 0. The normalized spacial score (nSPS) is 17.3. The largest absolute Gasteiger partial charge is 0.465 e. The first-order valence-corrected chi connectivity index (χ1v) is 9.16. The molecule has 0 bridgehead atoms. The van der Waals surface area contributed by atoms with Gasteiger partial charge in [0.15, 0.2) is 0 Å². The van der Waals surface area contributed by atoms with Crippen molar-refractivity contribution >= 4 is 17.3 Å². The van der Waals surface area contributed by atoms with Crippen LogP contribution >= 0.6 is 11.3 Å². The Morgan fingerprint density at radius 2 is 2.12 bits per heavy atom. The summed E-state index contributed by atoms with van der Waals surface area (Å²) in [6.07, 6.45) is 2.63. The van der Waals surface area contributed by atoms with Crippen LogP contribution < -0.4 is 0 Å². The lowest BCUT2D eigenvalue weighted by molar-refractivity contribution is 0.0600. The first kappa shape index (κ1) is 17.1. The van der Waals surface area contributed by atoms with Gasteiger partial charge in [0.2, 0.25) is 0 Å². The van der Waals surface area contributed by atoms with Gasteiger partial charge in [-0.05, 0) is 42.0 Å². The molecule has 0 N–H and O–H groups in total. The number of thiophene rings is 1. The van der Waals surface area contributed by atoms with E-state index in [-0.39, 0.29) is 5.97 Å². The molecule has 0 saturated carbocycles. The Hall–Kier alpha value is -1.69. The second-order valence-electron chi connectivity index (χ2n) is 6.07. The predicted octanol–water partition coefficient (Wildman–Crippen LogP) is 3.72. The van der Waals surface area contributed by atoms with Gasteiger partial charge in [0.1, 0.15) is 0 Å². The van der Waals surface area contributed by atoms with Crippen molar-refractivity contribution in [3.8, 4) is 0 Å².